The van der Waals surface area contributed by atoms with Gasteiger partial charge in [-0.05, 0) is 26.8 Å². The second-order valence-corrected chi connectivity index (χ2v) is 6.79. The number of hydrogen-bond donors (Lipinski definition) is 2. The molecule has 0 saturated heterocycles. The predicted molar refractivity (Wildman–Crippen MR) is 95.4 cm³/mol. The molecule has 1 atom stereocenters. The molecular formula is C17H24N2O8. The van der Waals surface area contributed by atoms with Crippen molar-refractivity contribution in [2.75, 3.05) is 20.3 Å². The van der Waals surface area contributed by atoms with Gasteiger partial charge >= 0.3 is 12.1 Å². The first-order chi connectivity index (χ1) is 12.4. The van der Waals surface area contributed by atoms with E-state index in [1.807, 2.05) is 0 Å². The van der Waals surface area contributed by atoms with Crippen LogP contribution in [-0.2, 0) is 9.53 Å². The molecule has 0 aliphatic rings. The molecule has 0 aliphatic heterocycles. The molecule has 1 rings (SSSR count). The maximum absolute atomic E-state index is 11.8. The van der Waals surface area contributed by atoms with Gasteiger partial charge in [0.25, 0.3) is 5.69 Å². The summed E-state index contributed by atoms with van der Waals surface area (Å²) in [4.78, 5) is 33.3. The molecule has 0 aliphatic carbocycles. The number of nitrogens with zero attached hydrogens (tertiary/aromatic N) is 1. The smallest absolute Gasteiger partial charge is 0.407 e. The highest BCUT2D eigenvalue weighted by atomic mass is 16.6. The van der Waals surface area contributed by atoms with Gasteiger partial charge in [-0.3, -0.25) is 10.1 Å². The van der Waals surface area contributed by atoms with E-state index in [1.165, 1.54) is 13.2 Å². The van der Waals surface area contributed by atoms with Crippen LogP contribution < -0.4 is 14.8 Å². The minimum absolute atomic E-state index is 0.0531. The molecule has 0 spiro atoms. The average Bonchev–Trinajstić information content (AvgIpc) is 2.55. The van der Waals surface area contributed by atoms with E-state index in [2.05, 4.69) is 5.32 Å². The first kappa shape index (κ1) is 22.0. The average molecular weight is 384 g/mol. The van der Waals surface area contributed by atoms with Crippen LogP contribution in [0.5, 0.6) is 11.5 Å². The molecule has 1 aromatic carbocycles. The van der Waals surface area contributed by atoms with E-state index in [4.69, 9.17) is 19.3 Å². The monoisotopic (exact) mass is 384 g/mol. The minimum Gasteiger partial charge on any atom is -0.493 e. The number of carboxylic acid groups (broad SMARTS) is 1. The summed E-state index contributed by atoms with van der Waals surface area (Å²) in [6, 6.07) is 2.51. The molecule has 2 N–H and O–H groups in total. The van der Waals surface area contributed by atoms with Crippen molar-refractivity contribution in [2.24, 2.45) is 0 Å². The molecule has 0 heterocycles. The number of carbonyl (C=O) groups is 2. The van der Waals surface area contributed by atoms with Gasteiger partial charge in [0.15, 0.2) is 18.1 Å². The maximum Gasteiger partial charge on any atom is 0.407 e. The fraction of sp³-hybridized carbons (Fsp3) is 0.529. The molecule has 0 fully saturated rings. The number of carboxylic acids is 1. The molecule has 27 heavy (non-hydrogen) atoms. The molecule has 0 aromatic heterocycles. The maximum atomic E-state index is 11.8. The lowest BCUT2D eigenvalue weighted by atomic mass is 9.98. The Morgan fingerprint density at radius 2 is 1.93 bits per heavy atom. The van der Waals surface area contributed by atoms with Crippen LogP contribution in [0.3, 0.4) is 0 Å². The number of ether oxygens (including phenoxy) is 3. The number of methoxy groups -OCH3 is 1. The van der Waals surface area contributed by atoms with Crippen LogP contribution in [0.4, 0.5) is 10.5 Å². The second-order valence-electron chi connectivity index (χ2n) is 6.79. The van der Waals surface area contributed by atoms with Crippen molar-refractivity contribution in [1.82, 2.24) is 5.32 Å². The molecule has 10 nitrogen and oxygen atoms in total. The highest BCUT2D eigenvalue weighted by Crippen LogP contribution is 2.38. The zero-order chi connectivity index (χ0) is 20.8. The summed E-state index contributed by atoms with van der Waals surface area (Å²) < 4.78 is 15.3. The van der Waals surface area contributed by atoms with E-state index in [1.54, 1.807) is 27.7 Å². The molecule has 1 amide bonds. The Balaban J connectivity index is 3.05. The van der Waals surface area contributed by atoms with Crippen molar-refractivity contribution in [1.29, 1.82) is 0 Å². The summed E-state index contributed by atoms with van der Waals surface area (Å²) in [6.07, 6.45) is -0.634. The number of nitrogens with one attached hydrogen (secondary N) is 1. The molecule has 150 valence electrons. The third kappa shape index (κ3) is 7.00. The summed E-state index contributed by atoms with van der Waals surface area (Å²) in [5.41, 5.74) is -0.628. The number of nitro benzene ring substituents is 1. The van der Waals surface area contributed by atoms with Crippen LogP contribution in [0.1, 0.15) is 39.2 Å². The number of benzene rings is 1. The Morgan fingerprint density at radius 1 is 1.30 bits per heavy atom. The fourth-order valence-electron chi connectivity index (χ4n) is 2.19. The third-order valence-corrected chi connectivity index (χ3v) is 3.34. The Labute approximate surface area is 156 Å². The zero-order valence-electron chi connectivity index (χ0n) is 15.9. The van der Waals surface area contributed by atoms with Crippen molar-refractivity contribution < 1.29 is 33.8 Å². The van der Waals surface area contributed by atoms with E-state index >= 15 is 0 Å². The SMILES string of the molecule is COc1cc(C(C)CNC(=O)OC(C)(C)C)c([N+](=O)[O-])cc1OCC(=O)O. The number of aliphatic carboxylic acids is 1. The molecule has 10 heteroatoms. The summed E-state index contributed by atoms with van der Waals surface area (Å²) >= 11 is 0. The molecular weight excluding hydrogens is 360 g/mol. The van der Waals surface area contributed by atoms with Crippen LogP contribution in [0.25, 0.3) is 0 Å². The van der Waals surface area contributed by atoms with E-state index in [9.17, 15) is 19.7 Å². The lowest BCUT2D eigenvalue weighted by Gasteiger charge is -2.21. The van der Waals surface area contributed by atoms with Gasteiger partial charge < -0.3 is 24.6 Å². The van der Waals surface area contributed by atoms with Gasteiger partial charge in [0.1, 0.15) is 5.60 Å². The topological polar surface area (TPSA) is 137 Å². The number of alkyl carbamates (subject to hydrolysis) is 1. The summed E-state index contributed by atoms with van der Waals surface area (Å²) in [6.45, 7) is 6.29. The number of amides is 1. The molecule has 0 radical (unpaired) electrons. The Kier molecular flexibility index (Phi) is 7.38. The van der Waals surface area contributed by atoms with Crippen molar-refractivity contribution in [2.45, 2.75) is 39.2 Å². The van der Waals surface area contributed by atoms with Crippen molar-refractivity contribution in [3.63, 3.8) is 0 Å². The summed E-state index contributed by atoms with van der Waals surface area (Å²) in [7, 11) is 1.34. The number of nitro groups is 1. The Morgan fingerprint density at radius 3 is 2.41 bits per heavy atom. The molecule has 1 unspecified atom stereocenters. The third-order valence-electron chi connectivity index (χ3n) is 3.34. The second kappa shape index (κ2) is 9.06. The summed E-state index contributed by atoms with van der Waals surface area (Å²) in [5, 5.41) is 22.7. The van der Waals surface area contributed by atoms with Crippen LogP contribution in [0.15, 0.2) is 12.1 Å². The van der Waals surface area contributed by atoms with Crippen LogP contribution >= 0.6 is 0 Å². The zero-order valence-corrected chi connectivity index (χ0v) is 15.9. The van der Waals surface area contributed by atoms with Crippen molar-refractivity contribution in [3.8, 4) is 11.5 Å². The Hall–Kier alpha value is -3.04. The highest BCUT2D eigenvalue weighted by molar-refractivity contribution is 5.69. The molecule has 0 bridgehead atoms. The van der Waals surface area contributed by atoms with E-state index in [0.717, 1.165) is 6.07 Å². The summed E-state index contributed by atoms with van der Waals surface area (Å²) in [5.74, 6) is -1.57. The van der Waals surface area contributed by atoms with Gasteiger partial charge in [-0.25, -0.2) is 9.59 Å². The van der Waals surface area contributed by atoms with Gasteiger partial charge in [0.05, 0.1) is 18.1 Å². The standard InChI is InChI=1S/C17H24N2O8/c1-10(8-18-16(22)27-17(2,3)4)11-6-13(25-5)14(26-9-15(20)21)7-12(11)19(23)24/h6-7,10H,8-9H2,1-5H3,(H,18,22)(H,20,21). The van der Waals surface area contributed by atoms with Gasteiger partial charge in [0, 0.05) is 18.0 Å². The van der Waals surface area contributed by atoms with Crippen molar-refractivity contribution >= 4 is 17.7 Å². The van der Waals surface area contributed by atoms with Gasteiger partial charge in [-0.2, -0.15) is 0 Å². The largest absolute Gasteiger partial charge is 0.493 e. The van der Waals surface area contributed by atoms with Crippen LogP contribution in [-0.4, -0.2) is 48.0 Å². The first-order valence-electron chi connectivity index (χ1n) is 8.12. The highest BCUT2D eigenvalue weighted by Gasteiger charge is 2.25. The molecule has 1 aromatic rings. The van der Waals surface area contributed by atoms with Crippen molar-refractivity contribution in [3.05, 3.63) is 27.8 Å². The van der Waals surface area contributed by atoms with Crippen LogP contribution in [0.2, 0.25) is 0 Å². The van der Waals surface area contributed by atoms with Gasteiger partial charge in [-0.15, -0.1) is 0 Å². The van der Waals surface area contributed by atoms with E-state index in [-0.39, 0.29) is 23.7 Å². The number of carbonyl (C=O) groups excluding carboxylic acids is 1. The van der Waals surface area contributed by atoms with Crippen LogP contribution in [0, 0.1) is 10.1 Å². The van der Waals surface area contributed by atoms with Gasteiger partial charge in [-0.1, -0.05) is 6.92 Å². The fourth-order valence-corrected chi connectivity index (χ4v) is 2.19. The molecule has 0 saturated carbocycles. The van der Waals surface area contributed by atoms with E-state index < -0.39 is 35.1 Å². The number of rotatable bonds is 8. The first-order valence-corrected chi connectivity index (χ1v) is 8.12. The Bertz CT molecular complexity index is 712. The van der Waals surface area contributed by atoms with Gasteiger partial charge in [0.2, 0.25) is 0 Å². The minimum atomic E-state index is -1.22. The van der Waals surface area contributed by atoms with E-state index in [0.29, 0.717) is 5.56 Å². The lowest BCUT2D eigenvalue weighted by molar-refractivity contribution is -0.385. The number of hydrogen-bond acceptors (Lipinski definition) is 7. The quantitative estimate of drug-likeness (QED) is 0.515. The normalized spacial score (nSPS) is 12.0. The predicted octanol–water partition coefficient (Wildman–Crippen LogP) is 2.70. The lowest BCUT2D eigenvalue weighted by Crippen LogP contribution is -2.34.